The van der Waals surface area contributed by atoms with E-state index in [0.717, 1.165) is 36.2 Å². The Kier molecular flexibility index (Phi) is 9.08. The number of benzene rings is 3. The predicted octanol–water partition coefficient (Wildman–Crippen LogP) is 5.00. The topological polar surface area (TPSA) is 83.1 Å². The number of rotatable bonds is 9. The second-order valence-electron chi connectivity index (χ2n) is 9.14. The van der Waals surface area contributed by atoms with Crippen molar-refractivity contribution in [3.63, 3.8) is 0 Å². The molecule has 1 fully saturated rings. The maximum absolute atomic E-state index is 11.8. The van der Waals surface area contributed by atoms with Crippen molar-refractivity contribution in [2.75, 3.05) is 25.5 Å². The van der Waals surface area contributed by atoms with Crippen LogP contribution in [0, 0.1) is 0 Å². The van der Waals surface area contributed by atoms with Gasteiger partial charge in [0.1, 0.15) is 0 Å². The lowest BCUT2D eigenvalue weighted by Crippen LogP contribution is -2.37. The molecule has 1 aliphatic heterocycles. The van der Waals surface area contributed by atoms with Crippen LogP contribution in [0.5, 0.6) is 0 Å². The first-order valence-electron chi connectivity index (χ1n) is 12.4. The van der Waals surface area contributed by atoms with Gasteiger partial charge in [0, 0.05) is 37.3 Å². The standard InChI is InChI=1S/C29H35N3O4/c1-3-30-29(34)31-25-15-13-24(14-16-25)28-35-26(19-32(2)18-21-7-5-4-6-8-21)17-27(36-28)23-11-9-22(20-33)10-12-23/h4-16,26-28,33H,3,17-20H2,1-2H3,(H2,30,31,34)/t26-,27+,28+/m1/s1. The van der Waals surface area contributed by atoms with Crippen molar-refractivity contribution in [1.82, 2.24) is 10.2 Å². The van der Waals surface area contributed by atoms with E-state index in [1.807, 2.05) is 61.5 Å². The summed E-state index contributed by atoms with van der Waals surface area (Å²) in [6, 6.07) is 25.6. The zero-order valence-electron chi connectivity index (χ0n) is 20.9. The maximum Gasteiger partial charge on any atom is 0.319 e. The monoisotopic (exact) mass is 489 g/mol. The molecule has 190 valence electrons. The highest BCUT2D eigenvalue weighted by atomic mass is 16.7. The summed E-state index contributed by atoms with van der Waals surface area (Å²) in [5.41, 5.74) is 4.79. The van der Waals surface area contributed by atoms with Gasteiger partial charge < -0.3 is 25.2 Å². The smallest absolute Gasteiger partial charge is 0.319 e. The van der Waals surface area contributed by atoms with Crippen molar-refractivity contribution < 1.29 is 19.4 Å². The van der Waals surface area contributed by atoms with E-state index < -0.39 is 6.29 Å². The summed E-state index contributed by atoms with van der Waals surface area (Å²) in [5.74, 6) is 0. The van der Waals surface area contributed by atoms with Gasteiger partial charge in [-0.3, -0.25) is 4.90 Å². The number of carbonyl (C=O) groups excluding carboxylic acids is 1. The van der Waals surface area contributed by atoms with E-state index in [9.17, 15) is 9.90 Å². The van der Waals surface area contributed by atoms with Crippen LogP contribution in [-0.2, 0) is 22.6 Å². The van der Waals surface area contributed by atoms with Gasteiger partial charge in [0.25, 0.3) is 0 Å². The van der Waals surface area contributed by atoms with Gasteiger partial charge in [-0.25, -0.2) is 4.79 Å². The van der Waals surface area contributed by atoms with Gasteiger partial charge in [-0.2, -0.15) is 0 Å². The number of hydrogen-bond acceptors (Lipinski definition) is 5. The lowest BCUT2D eigenvalue weighted by molar-refractivity contribution is -0.252. The Morgan fingerprint density at radius 1 is 0.944 bits per heavy atom. The highest BCUT2D eigenvalue weighted by molar-refractivity contribution is 5.89. The molecule has 0 aromatic heterocycles. The number of likely N-dealkylation sites (N-methyl/N-ethyl adjacent to an activating group) is 1. The van der Waals surface area contributed by atoms with E-state index in [0.29, 0.717) is 12.2 Å². The molecule has 1 heterocycles. The number of carbonyl (C=O) groups is 1. The number of hydrogen-bond donors (Lipinski definition) is 3. The summed E-state index contributed by atoms with van der Waals surface area (Å²) in [4.78, 5) is 14.1. The van der Waals surface area contributed by atoms with Crippen LogP contribution < -0.4 is 10.6 Å². The van der Waals surface area contributed by atoms with Gasteiger partial charge in [-0.1, -0.05) is 66.7 Å². The van der Waals surface area contributed by atoms with E-state index in [-0.39, 0.29) is 24.8 Å². The number of aliphatic hydroxyl groups is 1. The van der Waals surface area contributed by atoms with E-state index >= 15 is 0 Å². The van der Waals surface area contributed by atoms with Gasteiger partial charge >= 0.3 is 6.03 Å². The first kappa shape index (κ1) is 25.9. The van der Waals surface area contributed by atoms with Gasteiger partial charge in [-0.05, 0) is 42.8 Å². The van der Waals surface area contributed by atoms with E-state index in [4.69, 9.17) is 9.47 Å². The molecule has 1 saturated heterocycles. The molecule has 3 aromatic rings. The molecule has 36 heavy (non-hydrogen) atoms. The Morgan fingerprint density at radius 2 is 1.64 bits per heavy atom. The number of aliphatic hydroxyl groups excluding tert-OH is 1. The molecule has 1 aliphatic rings. The Hall–Kier alpha value is -3.23. The van der Waals surface area contributed by atoms with Gasteiger partial charge in [0.05, 0.1) is 18.8 Å². The highest BCUT2D eigenvalue weighted by Gasteiger charge is 2.32. The number of nitrogens with zero attached hydrogens (tertiary/aromatic N) is 1. The van der Waals surface area contributed by atoms with Crippen LogP contribution >= 0.6 is 0 Å². The van der Waals surface area contributed by atoms with Crippen molar-refractivity contribution in [2.24, 2.45) is 0 Å². The zero-order valence-corrected chi connectivity index (χ0v) is 20.9. The molecule has 7 heteroatoms. The fraction of sp³-hybridized carbons (Fsp3) is 0.345. The average molecular weight is 490 g/mol. The van der Waals surface area contributed by atoms with Crippen molar-refractivity contribution in [3.05, 3.63) is 101 Å². The second kappa shape index (κ2) is 12.6. The van der Waals surface area contributed by atoms with Gasteiger partial charge in [0.15, 0.2) is 6.29 Å². The molecule has 3 N–H and O–H groups in total. The van der Waals surface area contributed by atoms with E-state index in [1.165, 1.54) is 5.56 Å². The SMILES string of the molecule is CCNC(=O)Nc1ccc([C@H]2O[C@@H](CN(C)Cc3ccccc3)C[C@@H](c3ccc(CO)cc3)O2)cc1. The third kappa shape index (κ3) is 7.15. The van der Waals surface area contributed by atoms with E-state index in [2.05, 4.69) is 46.8 Å². The highest BCUT2D eigenvalue weighted by Crippen LogP contribution is 2.38. The molecule has 4 rings (SSSR count). The number of ether oxygens (including phenoxy) is 2. The summed E-state index contributed by atoms with van der Waals surface area (Å²) >= 11 is 0. The number of nitrogens with one attached hydrogen (secondary N) is 2. The molecule has 7 nitrogen and oxygen atoms in total. The fourth-order valence-corrected chi connectivity index (χ4v) is 4.40. The van der Waals surface area contributed by atoms with Crippen LogP contribution in [0.4, 0.5) is 10.5 Å². The van der Waals surface area contributed by atoms with Crippen molar-refractivity contribution in [3.8, 4) is 0 Å². The molecule has 0 spiro atoms. The number of anilines is 1. The maximum atomic E-state index is 11.8. The molecule has 3 atom stereocenters. The van der Waals surface area contributed by atoms with Gasteiger partial charge in [0.2, 0.25) is 0 Å². The summed E-state index contributed by atoms with van der Waals surface area (Å²) in [6.45, 7) is 4.05. The molecular formula is C29H35N3O4. The summed E-state index contributed by atoms with van der Waals surface area (Å²) in [5, 5.41) is 15.0. The Morgan fingerprint density at radius 3 is 2.31 bits per heavy atom. The molecule has 0 aliphatic carbocycles. The van der Waals surface area contributed by atoms with E-state index in [1.54, 1.807) is 0 Å². The second-order valence-corrected chi connectivity index (χ2v) is 9.14. The minimum absolute atomic E-state index is 0.0150. The first-order chi connectivity index (χ1) is 17.5. The predicted molar refractivity (Wildman–Crippen MR) is 140 cm³/mol. The third-order valence-electron chi connectivity index (χ3n) is 6.20. The lowest BCUT2D eigenvalue weighted by atomic mass is 9.99. The van der Waals surface area contributed by atoms with Crippen LogP contribution in [-0.4, -0.2) is 42.3 Å². The Balaban J connectivity index is 1.49. The zero-order chi connectivity index (χ0) is 25.3. The minimum atomic E-state index is -0.532. The molecule has 0 bridgehead atoms. The third-order valence-corrected chi connectivity index (χ3v) is 6.20. The average Bonchev–Trinajstić information content (AvgIpc) is 2.89. The molecule has 3 aromatic carbocycles. The van der Waals surface area contributed by atoms with Crippen LogP contribution in [0.3, 0.4) is 0 Å². The summed E-state index contributed by atoms with van der Waals surface area (Å²) < 4.78 is 12.9. The lowest BCUT2D eigenvalue weighted by Gasteiger charge is -2.38. The normalized spacial score (nSPS) is 19.7. The van der Waals surface area contributed by atoms with Crippen molar-refractivity contribution >= 4 is 11.7 Å². The molecule has 0 radical (unpaired) electrons. The number of amides is 2. The van der Waals surface area contributed by atoms with Crippen LogP contribution in [0.15, 0.2) is 78.9 Å². The fourth-order valence-electron chi connectivity index (χ4n) is 4.40. The van der Waals surface area contributed by atoms with Crippen molar-refractivity contribution in [1.29, 1.82) is 0 Å². The molecule has 2 amide bonds. The summed E-state index contributed by atoms with van der Waals surface area (Å²) in [7, 11) is 2.10. The molecule has 0 unspecified atom stereocenters. The van der Waals surface area contributed by atoms with Gasteiger partial charge in [-0.15, -0.1) is 0 Å². The Bertz CT molecular complexity index is 1090. The largest absolute Gasteiger partial charge is 0.392 e. The van der Waals surface area contributed by atoms with Crippen LogP contribution in [0.25, 0.3) is 0 Å². The molecular weight excluding hydrogens is 454 g/mol. The summed E-state index contributed by atoms with van der Waals surface area (Å²) in [6.07, 6.45) is 0.0214. The first-order valence-corrected chi connectivity index (χ1v) is 12.4. The minimum Gasteiger partial charge on any atom is -0.392 e. The molecule has 0 saturated carbocycles. The Labute approximate surface area is 213 Å². The quantitative estimate of drug-likeness (QED) is 0.394. The number of urea groups is 1. The van der Waals surface area contributed by atoms with Crippen LogP contribution in [0.1, 0.15) is 48.0 Å². The van der Waals surface area contributed by atoms with Crippen LogP contribution in [0.2, 0.25) is 0 Å². The van der Waals surface area contributed by atoms with Crippen molar-refractivity contribution in [2.45, 2.75) is 45.0 Å².